The van der Waals surface area contributed by atoms with Crippen molar-refractivity contribution in [3.63, 3.8) is 0 Å². The van der Waals surface area contributed by atoms with Crippen LogP contribution in [0.2, 0.25) is 0 Å². The molecule has 0 heterocycles. The van der Waals surface area contributed by atoms with Crippen molar-refractivity contribution in [2.24, 2.45) is 0 Å². The van der Waals surface area contributed by atoms with E-state index >= 15 is 0 Å². The van der Waals surface area contributed by atoms with E-state index < -0.39 is 0 Å². The summed E-state index contributed by atoms with van der Waals surface area (Å²) in [4.78, 5) is 11.7. The maximum absolute atomic E-state index is 11.7. The van der Waals surface area contributed by atoms with Crippen molar-refractivity contribution in [2.75, 3.05) is 13.7 Å². The summed E-state index contributed by atoms with van der Waals surface area (Å²) in [6, 6.07) is 4.77. The van der Waals surface area contributed by atoms with E-state index in [1.807, 2.05) is 6.92 Å². The molecular formula is C12H17NO3. The number of nitrogens with one attached hydrogen (secondary N) is 1. The second-order valence-corrected chi connectivity index (χ2v) is 3.76. The zero-order valence-electron chi connectivity index (χ0n) is 9.78. The third-order valence-corrected chi connectivity index (χ3v) is 2.41. The third-order valence-electron chi connectivity index (χ3n) is 2.41. The van der Waals surface area contributed by atoms with Gasteiger partial charge in [-0.3, -0.25) is 4.79 Å². The molecule has 0 bridgehead atoms. The Labute approximate surface area is 95.2 Å². The Morgan fingerprint density at radius 1 is 1.56 bits per heavy atom. The zero-order chi connectivity index (χ0) is 12.1. The molecule has 0 aliphatic carbocycles. The molecule has 4 nitrogen and oxygen atoms in total. The first kappa shape index (κ1) is 12.5. The van der Waals surface area contributed by atoms with Crippen molar-refractivity contribution in [2.45, 2.75) is 20.0 Å². The predicted octanol–water partition coefficient (Wildman–Crippen LogP) is 1.47. The molecule has 2 N–H and O–H groups in total. The number of amides is 1. The number of aryl methyl sites for hydroxylation is 1. The summed E-state index contributed by atoms with van der Waals surface area (Å²) in [5.74, 6) is 0.0359. The first-order valence-corrected chi connectivity index (χ1v) is 5.15. The van der Waals surface area contributed by atoms with E-state index in [0.29, 0.717) is 17.7 Å². The van der Waals surface area contributed by atoms with Crippen LogP contribution in [-0.2, 0) is 4.74 Å². The second kappa shape index (κ2) is 5.51. The number of phenols is 1. The molecule has 0 aliphatic heterocycles. The molecule has 0 fully saturated rings. The highest BCUT2D eigenvalue weighted by Crippen LogP contribution is 2.16. The first-order chi connectivity index (χ1) is 7.54. The van der Waals surface area contributed by atoms with Gasteiger partial charge in [-0.1, -0.05) is 0 Å². The molecule has 1 atom stereocenters. The van der Waals surface area contributed by atoms with Gasteiger partial charge in [0.1, 0.15) is 5.75 Å². The lowest BCUT2D eigenvalue weighted by molar-refractivity contribution is 0.0870. The quantitative estimate of drug-likeness (QED) is 0.812. The highest BCUT2D eigenvalue weighted by molar-refractivity contribution is 5.94. The van der Waals surface area contributed by atoms with Gasteiger partial charge in [-0.25, -0.2) is 0 Å². The van der Waals surface area contributed by atoms with Gasteiger partial charge in [0.25, 0.3) is 5.91 Å². The van der Waals surface area contributed by atoms with Crippen LogP contribution < -0.4 is 5.32 Å². The molecule has 1 aromatic rings. The van der Waals surface area contributed by atoms with Crippen LogP contribution in [0.5, 0.6) is 5.75 Å². The number of rotatable bonds is 4. The van der Waals surface area contributed by atoms with Crippen molar-refractivity contribution in [3.8, 4) is 5.75 Å². The molecular weight excluding hydrogens is 206 g/mol. The number of hydrogen-bond acceptors (Lipinski definition) is 3. The topological polar surface area (TPSA) is 58.6 Å². The van der Waals surface area contributed by atoms with Gasteiger partial charge in [-0.05, 0) is 37.6 Å². The number of ether oxygens (including phenoxy) is 1. The van der Waals surface area contributed by atoms with Crippen LogP contribution in [0.4, 0.5) is 0 Å². The molecule has 1 unspecified atom stereocenters. The van der Waals surface area contributed by atoms with Gasteiger partial charge in [0.15, 0.2) is 0 Å². The Kier molecular flexibility index (Phi) is 4.31. The summed E-state index contributed by atoms with van der Waals surface area (Å²) in [5, 5.41) is 12.1. The summed E-state index contributed by atoms with van der Waals surface area (Å²) < 4.78 is 5.02. The number of hydrogen-bond donors (Lipinski definition) is 2. The van der Waals surface area contributed by atoms with E-state index in [2.05, 4.69) is 5.32 Å². The van der Waals surface area contributed by atoms with Gasteiger partial charge < -0.3 is 15.2 Å². The van der Waals surface area contributed by atoms with E-state index in [0.717, 1.165) is 0 Å². The lowest BCUT2D eigenvalue weighted by Crippen LogP contribution is -2.31. The van der Waals surface area contributed by atoms with Crippen molar-refractivity contribution in [3.05, 3.63) is 29.3 Å². The largest absolute Gasteiger partial charge is 0.508 e. The Morgan fingerprint density at radius 3 is 2.81 bits per heavy atom. The molecule has 0 spiro atoms. The second-order valence-electron chi connectivity index (χ2n) is 3.76. The molecule has 0 saturated heterocycles. The van der Waals surface area contributed by atoms with Crippen LogP contribution in [-0.4, -0.2) is 30.8 Å². The molecule has 0 saturated carbocycles. The summed E-state index contributed by atoms with van der Waals surface area (Å²) in [5.41, 5.74) is 1.23. The highest BCUT2D eigenvalue weighted by Gasteiger charge is 2.08. The summed E-state index contributed by atoms with van der Waals surface area (Å²) in [6.45, 7) is 4.10. The lowest BCUT2D eigenvalue weighted by atomic mass is 10.1. The molecule has 0 radical (unpaired) electrons. The fourth-order valence-corrected chi connectivity index (χ4v) is 1.22. The molecule has 1 amide bonds. The van der Waals surface area contributed by atoms with Crippen LogP contribution >= 0.6 is 0 Å². The van der Waals surface area contributed by atoms with Gasteiger partial charge in [-0.15, -0.1) is 0 Å². The van der Waals surface area contributed by atoms with Crippen LogP contribution in [0.25, 0.3) is 0 Å². The number of methoxy groups -OCH3 is 1. The molecule has 88 valence electrons. The van der Waals surface area contributed by atoms with E-state index in [1.165, 1.54) is 6.07 Å². The average Bonchev–Trinajstić information content (AvgIpc) is 2.29. The maximum atomic E-state index is 11.7. The van der Waals surface area contributed by atoms with E-state index in [1.54, 1.807) is 26.2 Å². The SMILES string of the molecule is COC(C)CNC(=O)c1ccc(O)c(C)c1. The van der Waals surface area contributed by atoms with Crippen molar-refractivity contribution >= 4 is 5.91 Å². The summed E-state index contributed by atoms with van der Waals surface area (Å²) >= 11 is 0. The van der Waals surface area contributed by atoms with E-state index in [-0.39, 0.29) is 17.8 Å². The summed E-state index contributed by atoms with van der Waals surface area (Å²) in [6.07, 6.45) is -0.0119. The average molecular weight is 223 g/mol. The van der Waals surface area contributed by atoms with Crippen LogP contribution in [0.15, 0.2) is 18.2 Å². The molecule has 1 aromatic carbocycles. The number of benzene rings is 1. The van der Waals surface area contributed by atoms with Gasteiger partial charge in [0.2, 0.25) is 0 Å². The number of carbonyl (C=O) groups is 1. The highest BCUT2D eigenvalue weighted by atomic mass is 16.5. The Bertz CT molecular complexity index is 377. The fourth-order valence-electron chi connectivity index (χ4n) is 1.22. The van der Waals surface area contributed by atoms with Gasteiger partial charge in [0, 0.05) is 19.2 Å². The summed E-state index contributed by atoms with van der Waals surface area (Å²) in [7, 11) is 1.60. The van der Waals surface area contributed by atoms with Crippen molar-refractivity contribution < 1.29 is 14.6 Å². The minimum Gasteiger partial charge on any atom is -0.508 e. The normalized spacial score (nSPS) is 12.2. The Balaban J connectivity index is 2.63. The van der Waals surface area contributed by atoms with Crippen LogP contribution in [0.1, 0.15) is 22.8 Å². The van der Waals surface area contributed by atoms with E-state index in [4.69, 9.17) is 4.74 Å². The van der Waals surface area contributed by atoms with Crippen molar-refractivity contribution in [1.82, 2.24) is 5.32 Å². The van der Waals surface area contributed by atoms with Crippen LogP contribution in [0, 0.1) is 6.92 Å². The van der Waals surface area contributed by atoms with Gasteiger partial charge >= 0.3 is 0 Å². The van der Waals surface area contributed by atoms with Gasteiger partial charge in [0.05, 0.1) is 6.10 Å². The molecule has 4 heteroatoms. The molecule has 16 heavy (non-hydrogen) atoms. The predicted molar refractivity (Wildman–Crippen MR) is 61.6 cm³/mol. The lowest BCUT2D eigenvalue weighted by Gasteiger charge is -2.11. The molecule has 0 aliphatic rings. The van der Waals surface area contributed by atoms with Crippen LogP contribution in [0.3, 0.4) is 0 Å². The Morgan fingerprint density at radius 2 is 2.25 bits per heavy atom. The van der Waals surface area contributed by atoms with E-state index in [9.17, 15) is 9.90 Å². The zero-order valence-corrected chi connectivity index (χ0v) is 9.78. The minimum absolute atomic E-state index is 0.0119. The maximum Gasteiger partial charge on any atom is 0.251 e. The Hall–Kier alpha value is -1.55. The number of aromatic hydroxyl groups is 1. The first-order valence-electron chi connectivity index (χ1n) is 5.15. The minimum atomic E-state index is -0.160. The van der Waals surface area contributed by atoms with Crippen molar-refractivity contribution in [1.29, 1.82) is 0 Å². The molecule has 1 rings (SSSR count). The number of carbonyl (C=O) groups excluding carboxylic acids is 1. The monoisotopic (exact) mass is 223 g/mol. The number of phenolic OH excluding ortho intramolecular Hbond substituents is 1. The standard InChI is InChI=1S/C12H17NO3/c1-8-6-10(4-5-11(8)14)12(15)13-7-9(2)16-3/h4-6,9,14H,7H2,1-3H3,(H,13,15). The van der Waals surface area contributed by atoms with Gasteiger partial charge in [-0.2, -0.15) is 0 Å². The smallest absolute Gasteiger partial charge is 0.251 e. The fraction of sp³-hybridized carbons (Fsp3) is 0.417. The third kappa shape index (κ3) is 3.24. The molecule has 0 aromatic heterocycles.